The Kier molecular flexibility index (Phi) is 3.16. The average molecular weight is 269 g/mol. The van der Waals surface area contributed by atoms with Crippen molar-refractivity contribution in [2.75, 3.05) is 0 Å². The number of hydrogen-bond donors (Lipinski definition) is 1. The highest BCUT2D eigenvalue weighted by molar-refractivity contribution is 5.94. The summed E-state index contributed by atoms with van der Waals surface area (Å²) >= 11 is 0. The number of pyridine rings is 1. The molecule has 0 saturated heterocycles. The first kappa shape index (κ1) is 12.3. The van der Waals surface area contributed by atoms with E-state index in [9.17, 15) is 9.18 Å². The molecule has 2 aromatic heterocycles. The smallest absolute Gasteiger partial charge is 0.251 e. The van der Waals surface area contributed by atoms with Gasteiger partial charge in [-0.25, -0.2) is 9.37 Å². The normalized spacial score (nSPS) is 10.7. The molecule has 1 N–H and O–H groups in total. The summed E-state index contributed by atoms with van der Waals surface area (Å²) < 4.78 is 14.9. The lowest BCUT2D eigenvalue weighted by Crippen LogP contribution is -2.23. The monoisotopic (exact) mass is 269 g/mol. The number of nitrogens with one attached hydrogen (secondary N) is 1. The number of imidazole rings is 1. The van der Waals surface area contributed by atoms with E-state index in [2.05, 4.69) is 10.3 Å². The number of rotatable bonds is 3. The van der Waals surface area contributed by atoms with Gasteiger partial charge in [-0.1, -0.05) is 12.1 Å². The number of amides is 1. The summed E-state index contributed by atoms with van der Waals surface area (Å²) in [5, 5.41) is 2.72. The molecule has 0 spiro atoms. The molecule has 2 heterocycles. The van der Waals surface area contributed by atoms with Crippen molar-refractivity contribution in [1.82, 2.24) is 14.7 Å². The van der Waals surface area contributed by atoms with Crippen LogP contribution in [-0.4, -0.2) is 15.3 Å². The molecule has 1 amide bonds. The van der Waals surface area contributed by atoms with Crippen LogP contribution in [0.3, 0.4) is 0 Å². The lowest BCUT2D eigenvalue weighted by atomic mass is 10.2. The highest BCUT2D eigenvalue weighted by atomic mass is 19.1. The minimum Gasteiger partial charge on any atom is -0.346 e. The summed E-state index contributed by atoms with van der Waals surface area (Å²) in [5.74, 6) is -0.744. The minimum absolute atomic E-state index is 0.300. The summed E-state index contributed by atoms with van der Waals surface area (Å²) in [4.78, 5) is 16.2. The average Bonchev–Trinajstić information content (AvgIpc) is 2.87. The van der Waals surface area contributed by atoms with E-state index < -0.39 is 5.82 Å². The highest BCUT2D eigenvalue weighted by Gasteiger charge is 2.07. The van der Waals surface area contributed by atoms with Crippen LogP contribution in [0.2, 0.25) is 0 Å². The third-order valence-corrected chi connectivity index (χ3v) is 2.93. The van der Waals surface area contributed by atoms with Crippen molar-refractivity contribution < 1.29 is 9.18 Å². The zero-order valence-electron chi connectivity index (χ0n) is 10.6. The third-order valence-electron chi connectivity index (χ3n) is 2.93. The summed E-state index contributed by atoms with van der Waals surface area (Å²) in [6.07, 6.45) is 3.74. The Hall–Kier alpha value is -2.69. The predicted octanol–water partition coefficient (Wildman–Crippen LogP) is 2.40. The molecule has 100 valence electrons. The minimum atomic E-state index is -0.426. The SMILES string of the molecule is O=C(NCc1cn2ccccc2n1)c1cccc(F)c1. The highest BCUT2D eigenvalue weighted by Crippen LogP contribution is 2.06. The van der Waals surface area contributed by atoms with Crippen molar-refractivity contribution in [3.8, 4) is 0 Å². The number of hydrogen-bond acceptors (Lipinski definition) is 2. The summed E-state index contributed by atoms with van der Waals surface area (Å²) in [6.45, 7) is 0.303. The Balaban J connectivity index is 1.71. The zero-order chi connectivity index (χ0) is 13.9. The maximum Gasteiger partial charge on any atom is 0.251 e. The number of aromatic nitrogens is 2. The maximum atomic E-state index is 13.0. The van der Waals surface area contributed by atoms with E-state index in [1.807, 2.05) is 35.0 Å². The van der Waals surface area contributed by atoms with Gasteiger partial charge < -0.3 is 9.72 Å². The van der Waals surface area contributed by atoms with Gasteiger partial charge in [0.25, 0.3) is 5.91 Å². The summed E-state index contributed by atoms with van der Waals surface area (Å²) in [6, 6.07) is 11.3. The van der Waals surface area contributed by atoms with Gasteiger partial charge in [0.2, 0.25) is 0 Å². The number of fused-ring (bicyclic) bond motifs is 1. The van der Waals surface area contributed by atoms with Crippen molar-refractivity contribution in [2.24, 2.45) is 0 Å². The Morgan fingerprint density at radius 3 is 2.95 bits per heavy atom. The molecule has 0 aliphatic heterocycles. The van der Waals surface area contributed by atoms with Crippen LogP contribution in [0, 0.1) is 5.82 Å². The Labute approximate surface area is 114 Å². The number of benzene rings is 1. The fourth-order valence-electron chi connectivity index (χ4n) is 1.97. The fraction of sp³-hybridized carbons (Fsp3) is 0.0667. The molecule has 0 bridgehead atoms. The van der Waals surface area contributed by atoms with Gasteiger partial charge in [0.15, 0.2) is 0 Å². The molecular formula is C15H12FN3O. The first-order valence-corrected chi connectivity index (χ1v) is 6.19. The van der Waals surface area contributed by atoms with Crippen molar-refractivity contribution in [2.45, 2.75) is 6.54 Å². The number of carbonyl (C=O) groups excluding carboxylic acids is 1. The van der Waals surface area contributed by atoms with Gasteiger partial charge in [-0.15, -0.1) is 0 Å². The van der Waals surface area contributed by atoms with Crippen molar-refractivity contribution in [1.29, 1.82) is 0 Å². The number of nitrogens with zero attached hydrogens (tertiary/aromatic N) is 2. The molecule has 0 unspecified atom stereocenters. The van der Waals surface area contributed by atoms with Gasteiger partial charge in [0.1, 0.15) is 11.5 Å². The fourth-order valence-corrected chi connectivity index (χ4v) is 1.97. The van der Waals surface area contributed by atoms with Gasteiger partial charge in [-0.05, 0) is 30.3 Å². The van der Waals surface area contributed by atoms with Crippen LogP contribution in [0.5, 0.6) is 0 Å². The summed E-state index contributed by atoms with van der Waals surface area (Å²) in [5.41, 5.74) is 1.87. The van der Waals surface area contributed by atoms with Crippen molar-refractivity contribution >= 4 is 11.6 Å². The molecular weight excluding hydrogens is 257 g/mol. The molecule has 20 heavy (non-hydrogen) atoms. The Morgan fingerprint density at radius 2 is 2.15 bits per heavy atom. The molecule has 3 rings (SSSR count). The van der Waals surface area contributed by atoms with E-state index >= 15 is 0 Å². The standard InChI is InChI=1S/C15H12FN3O/c16-12-5-3-4-11(8-12)15(20)17-9-13-10-19-7-2-1-6-14(19)18-13/h1-8,10H,9H2,(H,17,20). The Bertz CT molecular complexity index is 733. The van der Waals surface area contributed by atoms with Gasteiger partial charge in [-0.3, -0.25) is 4.79 Å². The van der Waals surface area contributed by atoms with E-state index in [0.29, 0.717) is 12.1 Å². The van der Waals surface area contributed by atoms with Crippen LogP contribution in [0.25, 0.3) is 5.65 Å². The molecule has 0 fully saturated rings. The van der Waals surface area contributed by atoms with Gasteiger partial charge in [0, 0.05) is 18.0 Å². The van der Waals surface area contributed by atoms with E-state index in [1.165, 1.54) is 18.2 Å². The van der Waals surface area contributed by atoms with Crippen molar-refractivity contribution in [3.63, 3.8) is 0 Å². The van der Waals surface area contributed by atoms with E-state index in [-0.39, 0.29) is 5.91 Å². The number of carbonyl (C=O) groups is 1. The van der Waals surface area contributed by atoms with Crippen LogP contribution in [0.1, 0.15) is 16.1 Å². The van der Waals surface area contributed by atoms with Crippen LogP contribution in [0.15, 0.2) is 54.9 Å². The molecule has 0 saturated carbocycles. The molecule has 0 aliphatic rings. The van der Waals surface area contributed by atoms with Gasteiger partial charge in [0.05, 0.1) is 12.2 Å². The second-order valence-electron chi connectivity index (χ2n) is 4.39. The van der Waals surface area contributed by atoms with Crippen LogP contribution >= 0.6 is 0 Å². The van der Waals surface area contributed by atoms with E-state index in [1.54, 1.807) is 6.07 Å². The largest absolute Gasteiger partial charge is 0.346 e. The zero-order valence-corrected chi connectivity index (χ0v) is 10.6. The molecule has 1 aromatic carbocycles. The molecule has 5 heteroatoms. The molecule has 0 aliphatic carbocycles. The molecule has 3 aromatic rings. The maximum absolute atomic E-state index is 13.0. The van der Waals surface area contributed by atoms with Gasteiger partial charge >= 0.3 is 0 Å². The first-order chi connectivity index (χ1) is 9.72. The van der Waals surface area contributed by atoms with Gasteiger partial charge in [-0.2, -0.15) is 0 Å². The van der Waals surface area contributed by atoms with Crippen LogP contribution < -0.4 is 5.32 Å². The quantitative estimate of drug-likeness (QED) is 0.793. The first-order valence-electron chi connectivity index (χ1n) is 6.19. The summed E-state index contributed by atoms with van der Waals surface area (Å²) in [7, 11) is 0. The van der Waals surface area contributed by atoms with E-state index in [0.717, 1.165) is 11.3 Å². The van der Waals surface area contributed by atoms with Crippen LogP contribution in [0.4, 0.5) is 4.39 Å². The lowest BCUT2D eigenvalue weighted by molar-refractivity contribution is 0.0950. The lowest BCUT2D eigenvalue weighted by Gasteiger charge is -2.02. The Morgan fingerprint density at radius 1 is 1.25 bits per heavy atom. The third kappa shape index (κ3) is 2.51. The second kappa shape index (κ2) is 5.13. The molecule has 0 atom stereocenters. The van der Waals surface area contributed by atoms with Crippen LogP contribution in [-0.2, 0) is 6.54 Å². The predicted molar refractivity (Wildman–Crippen MR) is 72.8 cm³/mol. The van der Waals surface area contributed by atoms with Crippen molar-refractivity contribution in [3.05, 3.63) is 71.9 Å². The second-order valence-corrected chi connectivity index (χ2v) is 4.39. The van der Waals surface area contributed by atoms with E-state index in [4.69, 9.17) is 0 Å². The topological polar surface area (TPSA) is 46.4 Å². The molecule has 4 nitrogen and oxygen atoms in total. The number of halogens is 1. The molecule has 0 radical (unpaired) electrons.